The van der Waals surface area contributed by atoms with E-state index in [0.717, 1.165) is 36.0 Å². The molecule has 0 aromatic carbocycles. The van der Waals surface area contributed by atoms with Crippen molar-refractivity contribution in [2.45, 2.75) is 39.5 Å². The van der Waals surface area contributed by atoms with Crippen LogP contribution in [0.3, 0.4) is 0 Å². The summed E-state index contributed by atoms with van der Waals surface area (Å²) in [5, 5.41) is 8.24. The lowest BCUT2D eigenvalue weighted by atomic mass is 9.96. The van der Waals surface area contributed by atoms with E-state index >= 15 is 0 Å². The lowest BCUT2D eigenvalue weighted by Crippen LogP contribution is -2.22. The van der Waals surface area contributed by atoms with Crippen molar-refractivity contribution < 1.29 is 9.53 Å². The van der Waals surface area contributed by atoms with Crippen LogP contribution in [0.15, 0.2) is 69.0 Å². The van der Waals surface area contributed by atoms with Gasteiger partial charge in [-0.2, -0.15) is 0 Å². The molecule has 0 fully saturated rings. The minimum absolute atomic E-state index is 0.120. The molecule has 5 nitrogen and oxygen atoms in total. The summed E-state index contributed by atoms with van der Waals surface area (Å²) in [6, 6.07) is 0. The number of carbonyl (C=O) groups is 1. The number of Topliss-reactive ketones (excluding diaryl/α,β-unsaturated/α-hetero) is 1. The Hall–Kier alpha value is -2.82. The summed E-state index contributed by atoms with van der Waals surface area (Å²) in [4.78, 5) is 21.9. The number of allylic oxidation sites excluding steroid dienone is 5. The van der Waals surface area contributed by atoms with Crippen molar-refractivity contribution in [2.75, 3.05) is 13.2 Å². The highest BCUT2D eigenvalue weighted by molar-refractivity contribution is 6.68. The summed E-state index contributed by atoms with van der Waals surface area (Å²) >= 11 is 0. The zero-order chi connectivity index (χ0) is 20.1. The van der Waals surface area contributed by atoms with E-state index in [9.17, 15) is 4.79 Å². The fraction of sp³-hybridized carbons (Fsp3) is 0.391. The zero-order valence-corrected chi connectivity index (χ0v) is 16.6. The highest BCUT2D eigenvalue weighted by Gasteiger charge is 2.20. The molecule has 1 N–H and O–H groups in total. The van der Waals surface area contributed by atoms with E-state index in [1.165, 1.54) is 0 Å². The molecular weight excluding hydrogens is 350 g/mol. The molecule has 0 aromatic heterocycles. The van der Waals surface area contributed by atoms with Crippen molar-refractivity contribution in [3.63, 3.8) is 0 Å². The Labute approximate surface area is 166 Å². The first kappa shape index (κ1) is 19.9. The molecule has 28 heavy (non-hydrogen) atoms. The number of ether oxygens (including phenoxy) is 1. The Balaban J connectivity index is 2.04. The second kappa shape index (κ2) is 8.91. The number of hydrogen-bond donors (Lipinski definition) is 1. The van der Waals surface area contributed by atoms with Gasteiger partial charge in [-0.25, -0.2) is 4.99 Å². The number of nitrogens with one attached hydrogen (secondary N) is 1. The summed E-state index contributed by atoms with van der Waals surface area (Å²) in [6.07, 6.45) is 12.4. The monoisotopic (exact) mass is 377 g/mol. The molecule has 0 aromatic rings. The van der Waals surface area contributed by atoms with Crippen LogP contribution in [-0.2, 0) is 9.53 Å². The molecule has 3 aliphatic rings. The van der Waals surface area contributed by atoms with Gasteiger partial charge in [0.05, 0.1) is 24.6 Å². The first-order valence-corrected chi connectivity index (χ1v) is 9.78. The Morgan fingerprint density at radius 1 is 1.25 bits per heavy atom. The maximum Gasteiger partial charge on any atom is 0.224 e. The van der Waals surface area contributed by atoms with E-state index < -0.39 is 0 Å². The molecule has 0 amide bonds. The van der Waals surface area contributed by atoms with Crippen LogP contribution in [0.2, 0.25) is 0 Å². The third-order valence-electron chi connectivity index (χ3n) is 5.11. The predicted molar refractivity (Wildman–Crippen MR) is 114 cm³/mol. The van der Waals surface area contributed by atoms with E-state index in [-0.39, 0.29) is 11.5 Å². The summed E-state index contributed by atoms with van der Waals surface area (Å²) in [7, 11) is 0. The third-order valence-corrected chi connectivity index (χ3v) is 5.11. The van der Waals surface area contributed by atoms with Crippen molar-refractivity contribution in [3.8, 4) is 0 Å². The van der Waals surface area contributed by atoms with Crippen molar-refractivity contribution in [2.24, 2.45) is 15.9 Å². The smallest absolute Gasteiger partial charge is 0.224 e. The van der Waals surface area contributed by atoms with Gasteiger partial charge in [-0.15, -0.1) is 0 Å². The van der Waals surface area contributed by atoms with Crippen LogP contribution in [0, 0.1) is 11.3 Å². The van der Waals surface area contributed by atoms with Crippen molar-refractivity contribution in [1.82, 2.24) is 0 Å². The molecular formula is C23H27N3O2. The number of carbonyl (C=O) groups excluding carboxylic acids is 1. The van der Waals surface area contributed by atoms with Gasteiger partial charge in [0.15, 0.2) is 0 Å². The predicted octanol–water partition coefficient (Wildman–Crippen LogP) is 4.54. The molecule has 146 valence electrons. The van der Waals surface area contributed by atoms with Crippen LogP contribution in [0.4, 0.5) is 0 Å². The molecule has 0 saturated heterocycles. The molecule has 0 saturated carbocycles. The van der Waals surface area contributed by atoms with Crippen molar-refractivity contribution in [3.05, 3.63) is 59.1 Å². The van der Waals surface area contributed by atoms with Gasteiger partial charge in [-0.3, -0.25) is 9.79 Å². The number of aliphatic imine (C=N–C) groups is 2. The zero-order valence-electron chi connectivity index (χ0n) is 16.6. The molecule has 0 aliphatic carbocycles. The second-order valence-electron chi connectivity index (χ2n) is 7.55. The average molecular weight is 377 g/mol. The first-order chi connectivity index (χ1) is 13.4. The highest BCUT2D eigenvalue weighted by atomic mass is 16.5. The molecule has 1 unspecified atom stereocenters. The SMILES string of the molecule is C=C1C=C(C)C2=C3C=C(C=CC(=N3)C(=O)C(=N)CCC(C)CCCO1)CN=C2. The molecule has 0 radical (unpaired) electrons. The molecule has 1 atom stereocenters. The van der Waals surface area contributed by atoms with E-state index in [2.05, 4.69) is 23.5 Å². The standard InChI is InChI=1S/C23H27N3O2/c1-15-5-4-10-28-17(3)11-16(2)19-14-25-13-18-7-9-21(26-22(19)12-18)23(27)20(24)8-6-15/h7,9,11-12,14-15,24H,3-6,8,10,13H2,1-2H3. The fourth-order valence-corrected chi connectivity index (χ4v) is 3.38. The Bertz CT molecular complexity index is 882. The fourth-order valence-electron chi connectivity index (χ4n) is 3.38. The van der Waals surface area contributed by atoms with Gasteiger partial charge in [-0.05, 0) is 67.9 Å². The summed E-state index contributed by atoms with van der Waals surface area (Å²) in [6.45, 7) is 9.25. The third kappa shape index (κ3) is 4.91. The molecule has 5 heteroatoms. The quantitative estimate of drug-likeness (QED) is 0.673. The molecule has 3 heterocycles. The van der Waals surface area contributed by atoms with Crippen LogP contribution in [0.1, 0.15) is 39.5 Å². The molecule has 0 spiro atoms. The van der Waals surface area contributed by atoms with Gasteiger partial charge in [0.1, 0.15) is 11.5 Å². The maximum absolute atomic E-state index is 12.8. The molecule has 3 rings (SSSR count). The number of nitrogens with zero attached hydrogens (tertiary/aromatic N) is 2. The van der Waals surface area contributed by atoms with Gasteiger partial charge in [0.25, 0.3) is 0 Å². The van der Waals surface area contributed by atoms with Crippen molar-refractivity contribution in [1.29, 1.82) is 5.41 Å². The number of ketones is 1. The van der Waals surface area contributed by atoms with Crippen molar-refractivity contribution >= 4 is 23.4 Å². The normalized spacial score (nSPS) is 24.3. The second-order valence-corrected chi connectivity index (χ2v) is 7.55. The minimum atomic E-state index is -0.297. The Morgan fingerprint density at radius 3 is 2.89 bits per heavy atom. The molecule has 3 bridgehead atoms. The van der Waals surface area contributed by atoms with Crippen LogP contribution < -0.4 is 0 Å². The first-order valence-electron chi connectivity index (χ1n) is 9.78. The summed E-state index contributed by atoms with van der Waals surface area (Å²) in [5.41, 5.74) is 3.85. The van der Waals surface area contributed by atoms with Gasteiger partial charge >= 0.3 is 0 Å². The van der Waals surface area contributed by atoms with Crippen LogP contribution in [0.25, 0.3) is 0 Å². The highest BCUT2D eigenvalue weighted by Crippen LogP contribution is 2.24. The number of hydrogen-bond acceptors (Lipinski definition) is 5. The Morgan fingerprint density at radius 2 is 2.07 bits per heavy atom. The lowest BCUT2D eigenvalue weighted by molar-refractivity contribution is -0.107. The van der Waals surface area contributed by atoms with Crippen LogP contribution in [-0.4, -0.2) is 36.6 Å². The summed E-state index contributed by atoms with van der Waals surface area (Å²) < 4.78 is 5.77. The topological polar surface area (TPSA) is 74.9 Å². The summed E-state index contributed by atoms with van der Waals surface area (Å²) in [5.74, 6) is 0.744. The maximum atomic E-state index is 12.8. The largest absolute Gasteiger partial charge is 0.494 e. The van der Waals surface area contributed by atoms with Gasteiger partial charge < -0.3 is 10.1 Å². The lowest BCUT2D eigenvalue weighted by Gasteiger charge is -2.14. The van der Waals surface area contributed by atoms with Crippen LogP contribution >= 0.6 is 0 Å². The minimum Gasteiger partial charge on any atom is -0.494 e. The van der Waals surface area contributed by atoms with E-state index in [1.54, 1.807) is 12.3 Å². The van der Waals surface area contributed by atoms with Gasteiger partial charge in [-0.1, -0.05) is 19.6 Å². The molecule has 3 aliphatic heterocycles. The van der Waals surface area contributed by atoms with Gasteiger partial charge in [0, 0.05) is 11.8 Å². The Kier molecular flexibility index (Phi) is 6.34. The van der Waals surface area contributed by atoms with E-state index in [4.69, 9.17) is 10.1 Å². The number of rotatable bonds is 0. The van der Waals surface area contributed by atoms with Crippen LogP contribution in [0.5, 0.6) is 0 Å². The van der Waals surface area contributed by atoms with Gasteiger partial charge in [0.2, 0.25) is 5.78 Å². The average Bonchev–Trinajstić information content (AvgIpc) is 3.00. The van der Waals surface area contributed by atoms with E-state index in [0.29, 0.717) is 42.7 Å². The van der Waals surface area contributed by atoms with E-state index in [1.807, 2.05) is 25.2 Å².